The molecular formula is C24H29ClN4O2. The van der Waals surface area contributed by atoms with Gasteiger partial charge in [0.1, 0.15) is 5.75 Å². The number of ether oxygens (including phenoxy) is 1. The van der Waals surface area contributed by atoms with E-state index < -0.39 is 0 Å². The molecule has 1 aromatic carbocycles. The Morgan fingerprint density at radius 3 is 2.71 bits per heavy atom. The smallest absolute Gasteiger partial charge is 0.251 e. The van der Waals surface area contributed by atoms with Gasteiger partial charge in [0.15, 0.2) is 0 Å². The van der Waals surface area contributed by atoms with Crippen molar-refractivity contribution in [3.63, 3.8) is 0 Å². The number of likely N-dealkylation sites (tertiary alicyclic amines) is 1. The Labute approximate surface area is 187 Å². The number of piperidine rings is 1. The molecule has 1 aliphatic rings. The predicted octanol–water partition coefficient (Wildman–Crippen LogP) is 3.62. The number of aromatic nitrogens is 2. The molecule has 0 atom stereocenters. The average molecular weight is 441 g/mol. The molecule has 0 saturated carbocycles. The van der Waals surface area contributed by atoms with E-state index in [4.69, 9.17) is 16.3 Å². The number of nitrogens with one attached hydrogen (secondary N) is 1. The van der Waals surface area contributed by atoms with Crippen molar-refractivity contribution in [2.24, 2.45) is 0 Å². The second-order valence-electron chi connectivity index (χ2n) is 8.18. The Hall–Kier alpha value is -2.41. The number of benzene rings is 1. The molecular weight excluding hydrogens is 412 g/mol. The predicted molar refractivity (Wildman–Crippen MR) is 125 cm³/mol. The Morgan fingerprint density at radius 2 is 1.97 bits per heavy atom. The van der Waals surface area contributed by atoms with Crippen LogP contribution in [0.4, 0.5) is 0 Å². The second kappa shape index (κ2) is 9.81. The highest BCUT2D eigenvalue weighted by Crippen LogP contribution is 2.18. The minimum Gasteiger partial charge on any atom is -0.495 e. The van der Waals surface area contributed by atoms with E-state index in [1.807, 2.05) is 19.1 Å². The molecule has 0 amide bonds. The number of halogens is 1. The molecule has 164 valence electrons. The molecule has 0 bridgehead atoms. The van der Waals surface area contributed by atoms with Crippen molar-refractivity contribution < 1.29 is 4.74 Å². The lowest BCUT2D eigenvalue weighted by molar-refractivity contribution is 0.191. The van der Waals surface area contributed by atoms with Gasteiger partial charge in [-0.2, -0.15) is 0 Å². The number of pyridine rings is 2. The van der Waals surface area contributed by atoms with Crippen LogP contribution < -0.4 is 15.6 Å². The van der Waals surface area contributed by atoms with Crippen LogP contribution in [0.5, 0.6) is 5.75 Å². The van der Waals surface area contributed by atoms with Crippen molar-refractivity contribution in [2.75, 3.05) is 26.7 Å². The summed E-state index contributed by atoms with van der Waals surface area (Å²) >= 11 is 6.12. The fourth-order valence-electron chi connectivity index (χ4n) is 4.17. The molecule has 1 N–H and O–H groups in total. The topological polar surface area (TPSA) is 59.4 Å². The molecule has 3 heterocycles. The summed E-state index contributed by atoms with van der Waals surface area (Å²) in [6.45, 7) is 6.45. The summed E-state index contributed by atoms with van der Waals surface area (Å²) in [6, 6.07) is 12.0. The molecule has 0 radical (unpaired) electrons. The minimum absolute atomic E-state index is 0.00244. The van der Waals surface area contributed by atoms with E-state index in [0.29, 0.717) is 18.3 Å². The monoisotopic (exact) mass is 440 g/mol. The summed E-state index contributed by atoms with van der Waals surface area (Å²) in [7, 11) is 1.61. The van der Waals surface area contributed by atoms with Crippen LogP contribution in [0.25, 0.3) is 11.0 Å². The summed E-state index contributed by atoms with van der Waals surface area (Å²) in [5.74, 6) is 0.662. The van der Waals surface area contributed by atoms with Gasteiger partial charge in [0.2, 0.25) is 0 Å². The maximum absolute atomic E-state index is 12.5. The highest BCUT2D eigenvalue weighted by molar-refractivity contribution is 6.31. The number of nitrogens with zero attached hydrogens (tertiary/aromatic N) is 3. The SMILES string of the molecule is COc1cnc2ccc(=O)n(CCN3CCC(NCc4ccc(Cl)c(C)c4)CC3)c2c1. The van der Waals surface area contributed by atoms with Crippen LogP contribution >= 0.6 is 11.6 Å². The Kier molecular flexibility index (Phi) is 6.90. The van der Waals surface area contributed by atoms with Gasteiger partial charge < -0.3 is 19.5 Å². The molecule has 0 spiro atoms. The first-order valence-electron chi connectivity index (χ1n) is 10.8. The van der Waals surface area contributed by atoms with Crippen molar-refractivity contribution in [3.8, 4) is 5.75 Å². The standard InChI is InChI=1S/C24H29ClN4O2/c1-17-13-18(3-4-21(17)25)15-26-19-7-9-28(10-8-19)11-12-29-23-14-20(31-2)16-27-22(23)5-6-24(29)30/h3-6,13-14,16,19,26H,7-12,15H2,1-2H3. The molecule has 1 fully saturated rings. The van der Waals surface area contributed by atoms with Crippen molar-refractivity contribution in [1.82, 2.24) is 19.8 Å². The first-order valence-corrected chi connectivity index (χ1v) is 11.2. The molecule has 2 aromatic heterocycles. The first-order chi connectivity index (χ1) is 15.0. The first kappa shape index (κ1) is 21.8. The molecule has 1 saturated heterocycles. The van der Waals surface area contributed by atoms with Crippen molar-refractivity contribution in [2.45, 2.75) is 38.9 Å². The van der Waals surface area contributed by atoms with Gasteiger partial charge in [-0.05, 0) is 56.1 Å². The number of fused-ring (bicyclic) bond motifs is 1. The van der Waals surface area contributed by atoms with Gasteiger partial charge in [0, 0.05) is 42.8 Å². The fraction of sp³-hybridized carbons (Fsp3) is 0.417. The van der Waals surface area contributed by atoms with Crippen LogP contribution in [0.15, 0.2) is 47.4 Å². The number of aryl methyl sites for hydroxylation is 1. The van der Waals surface area contributed by atoms with Gasteiger partial charge >= 0.3 is 0 Å². The van der Waals surface area contributed by atoms with E-state index in [9.17, 15) is 4.79 Å². The largest absolute Gasteiger partial charge is 0.495 e. The zero-order valence-electron chi connectivity index (χ0n) is 18.1. The molecule has 6 nitrogen and oxygen atoms in total. The van der Waals surface area contributed by atoms with Gasteiger partial charge in [-0.15, -0.1) is 0 Å². The summed E-state index contributed by atoms with van der Waals surface area (Å²) in [6.07, 6.45) is 3.89. The van der Waals surface area contributed by atoms with E-state index in [-0.39, 0.29) is 5.56 Å². The highest BCUT2D eigenvalue weighted by Gasteiger charge is 2.19. The maximum atomic E-state index is 12.5. The van der Waals surface area contributed by atoms with Gasteiger partial charge in [-0.3, -0.25) is 9.78 Å². The summed E-state index contributed by atoms with van der Waals surface area (Å²) in [5, 5.41) is 4.49. The average Bonchev–Trinajstić information content (AvgIpc) is 2.79. The summed E-state index contributed by atoms with van der Waals surface area (Å²) in [5.41, 5.74) is 4.01. The van der Waals surface area contributed by atoms with Gasteiger partial charge in [0.05, 0.1) is 24.3 Å². The van der Waals surface area contributed by atoms with E-state index in [0.717, 1.165) is 60.6 Å². The lowest BCUT2D eigenvalue weighted by Gasteiger charge is -2.32. The molecule has 31 heavy (non-hydrogen) atoms. The minimum atomic E-state index is -0.00244. The number of hydrogen-bond donors (Lipinski definition) is 1. The Bertz CT molecular complexity index is 1110. The fourth-order valence-corrected chi connectivity index (χ4v) is 4.29. The van der Waals surface area contributed by atoms with Gasteiger partial charge in [-0.1, -0.05) is 23.7 Å². The lowest BCUT2D eigenvalue weighted by atomic mass is 10.0. The summed E-state index contributed by atoms with van der Waals surface area (Å²) < 4.78 is 7.09. The maximum Gasteiger partial charge on any atom is 0.251 e. The molecule has 4 rings (SSSR count). The van der Waals surface area contributed by atoms with E-state index >= 15 is 0 Å². The Morgan fingerprint density at radius 1 is 1.16 bits per heavy atom. The normalized spacial score (nSPS) is 15.5. The number of methoxy groups -OCH3 is 1. The third-order valence-electron chi connectivity index (χ3n) is 6.09. The third-order valence-corrected chi connectivity index (χ3v) is 6.52. The molecule has 7 heteroatoms. The van der Waals surface area contributed by atoms with E-state index in [2.05, 4.69) is 27.3 Å². The zero-order chi connectivity index (χ0) is 21.8. The highest BCUT2D eigenvalue weighted by atomic mass is 35.5. The molecule has 1 aliphatic heterocycles. The number of hydrogen-bond acceptors (Lipinski definition) is 5. The van der Waals surface area contributed by atoms with Crippen LogP contribution in [0.3, 0.4) is 0 Å². The molecule has 0 unspecified atom stereocenters. The second-order valence-corrected chi connectivity index (χ2v) is 8.59. The summed E-state index contributed by atoms with van der Waals surface area (Å²) in [4.78, 5) is 19.3. The van der Waals surface area contributed by atoms with E-state index in [1.165, 1.54) is 5.56 Å². The van der Waals surface area contributed by atoms with Crippen molar-refractivity contribution in [1.29, 1.82) is 0 Å². The van der Waals surface area contributed by atoms with Crippen LogP contribution in [0.1, 0.15) is 24.0 Å². The Balaban J connectivity index is 1.31. The third kappa shape index (κ3) is 5.26. The van der Waals surface area contributed by atoms with Crippen molar-refractivity contribution in [3.05, 3.63) is 69.1 Å². The molecule has 0 aliphatic carbocycles. The quantitative estimate of drug-likeness (QED) is 0.608. The van der Waals surface area contributed by atoms with Crippen LogP contribution in [-0.4, -0.2) is 47.2 Å². The van der Waals surface area contributed by atoms with E-state index in [1.54, 1.807) is 30.0 Å². The van der Waals surface area contributed by atoms with Crippen LogP contribution in [-0.2, 0) is 13.1 Å². The number of rotatable bonds is 7. The van der Waals surface area contributed by atoms with Gasteiger partial charge in [-0.25, -0.2) is 0 Å². The zero-order valence-corrected chi connectivity index (χ0v) is 18.9. The van der Waals surface area contributed by atoms with Crippen LogP contribution in [0.2, 0.25) is 5.02 Å². The van der Waals surface area contributed by atoms with Gasteiger partial charge in [0.25, 0.3) is 5.56 Å². The van der Waals surface area contributed by atoms with Crippen LogP contribution in [0, 0.1) is 6.92 Å². The lowest BCUT2D eigenvalue weighted by Crippen LogP contribution is -2.43. The molecule has 3 aromatic rings. The van der Waals surface area contributed by atoms with Crippen molar-refractivity contribution >= 4 is 22.6 Å².